The van der Waals surface area contributed by atoms with Crippen LogP contribution in [0.5, 0.6) is 0 Å². The van der Waals surface area contributed by atoms with Crippen LogP contribution in [0.25, 0.3) is 0 Å². The van der Waals surface area contributed by atoms with Crippen molar-refractivity contribution in [2.24, 2.45) is 0 Å². The second-order valence-electron chi connectivity index (χ2n) is 5.83. The van der Waals surface area contributed by atoms with Crippen LogP contribution in [-0.2, 0) is 19.0 Å². The van der Waals surface area contributed by atoms with Gasteiger partial charge >= 0.3 is 5.97 Å². The zero-order valence-electron chi connectivity index (χ0n) is 12.6. The fraction of sp³-hybridized carbons (Fsp3) is 0.933. The van der Waals surface area contributed by atoms with Gasteiger partial charge in [0.1, 0.15) is 5.60 Å². The molecule has 0 spiro atoms. The maximum Gasteiger partial charge on any atom is 0.303 e. The molecule has 0 aliphatic carbocycles. The number of hydrogen-bond donors (Lipinski definition) is 0. The van der Waals surface area contributed by atoms with E-state index in [2.05, 4.69) is 0 Å². The summed E-state index contributed by atoms with van der Waals surface area (Å²) in [7, 11) is 0. The highest BCUT2D eigenvalue weighted by Crippen LogP contribution is 2.19. The lowest BCUT2D eigenvalue weighted by Crippen LogP contribution is -2.26. The van der Waals surface area contributed by atoms with Gasteiger partial charge in [-0.1, -0.05) is 6.42 Å². The summed E-state index contributed by atoms with van der Waals surface area (Å²) in [6.45, 7) is 6.97. The predicted molar refractivity (Wildman–Crippen MR) is 73.9 cm³/mol. The molecule has 0 bridgehead atoms. The van der Waals surface area contributed by atoms with E-state index in [1.807, 2.05) is 13.8 Å². The third kappa shape index (κ3) is 8.22. The Morgan fingerprint density at radius 2 is 2.05 bits per heavy atom. The summed E-state index contributed by atoms with van der Waals surface area (Å²) >= 11 is 0. The van der Waals surface area contributed by atoms with Crippen LogP contribution in [0.1, 0.15) is 65.7 Å². The Balaban J connectivity index is 1.97. The first kappa shape index (κ1) is 16.4. The minimum atomic E-state index is -0.348. The van der Waals surface area contributed by atoms with Crippen molar-refractivity contribution in [1.82, 2.24) is 0 Å². The predicted octanol–water partition coefficient (Wildman–Crippen LogP) is 3.43. The lowest BCUT2D eigenvalue weighted by Gasteiger charge is -2.24. The van der Waals surface area contributed by atoms with Gasteiger partial charge in [0, 0.05) is 20.1 Å². The highest BCUT2D eigenvalue weighted by atomic mass is 16.7. The molecule has 1 aliphatic rings. The van der Waals surface area contributed by atoms with Crippen LogP contribution in [0.15, 0.2) is 0 Å². The van der Waals surface area contributed by atoms with Crippen LogP contribution in [0.4, 0.5) is 0 Å². The smallest absolute Gasteiger partial charge is 0.303 e. The molecule has 1 unspecified atom stereocenters. The van der Waals surface area contributed by atoms with Gasteiger partial charge < -0.3 is 14.2 Å². The molecule has 112 valence electrons. The first-order valence-electron chi connectivity index (χ1n) is 7.42. The van der Waals surface area contributed by atoms with E-state index in [-0.39, 0.29) is 17.9 Å². The molecule has 0 aromatic heterocycles. The van der Waals surface area contributed by atoms with Crippen LogP contribution >= 0.6 is 0 Å². The average Bonchev–Trinajstić information content (AvgIpc) is 2.33. The van der Waals surface area contributed by atoms with Crippen molar-refractivity contribution in [2.45, 2.75) is 77.6 Å². The monoisotopic (exact) mass is 272 g/mol. The molecule has 4 nitrogen and oxygen atoms in total. The maximum absolute atomic E-state index is 10.9. The van der Waals surface area contributed by atoms with Gasteiger partial charge in [-0.05, 0) is 52.4 Å². The number of carbonyl (C=O) groups excluding carboxylic acids is 1. The van der Waals surface area contributed by atoms with E-state index in [1.54, 1.807) is 0 Å². The van der Waals surface area contributed by atoms with E-state index >= 15 is 0 Å². The van der Waals surface area contributed by atoms with E-state index in [0.717, 1.165) is 51.7 Å². The Labute approximate surface area is 116 Å². The third-order valence-corrected chi connectivity index (χ3v) is 3.28. The lowest BCUT2D eigenvalue weighted by atomic mass is 10.0. The quantitative estimate of drug-likeness (QED) is 0.501. The van der Waals surface area contributed by atoms with Gasteiger partial charge in [-0.15, -0.1) is 0 Å². The maximum atomic E-state index is 10.9. The Kier molecular flexibility index (Phi) is 7.39. The third-order valence-electron chi connectivity index (χ3n) is 3.28. The van der Waals surface area contributed by atoms with E-state index < -0.39 is 0 Å². The summed E-state index contributed by atoms with van der Waals surface area (Å²) in [5.74, 6) is -0.206. The van der Waals surface area contributed by atoms with Gasteiger partial charge in [0.2, 0.25) is 0 Å². The fourth-order valence-electron chi connectivity index (χ4n) is 2.33. The van der Waals surface area contributed by atoms with Crippen molar-refractivity contribution in [3.63, 3.8) is 0 Å². The van der Waals surface area contributed by atoms with Crippen molar-refractivity contribution >= 4 is 5.97 Å². The highest BCUT2D eigenvalue weighted by Gasteiger charge is 2.20. The van der Waals surface area contributed by atoms with E-state index in [4.69, 9.17) is 14.2 Å². The van der Waals surface area contributed by atoms with Crippen molar-refractivity contribution in [3.8, 4) is 0 Å². The second kappa shape index (κ2) is 8.54. The van der Waals surface area contributed by atoms with E-state index in [0.29, 0.717) is 0 Å². The minimum absolute atomic E-state index is 0.0197. The zero-order chi connectivity index (χ0) is 14.1. The molecule has 1 heterocycles. The van der Waals surface area contributed by atoms with Crippen LogP contribution in [0.3, 0.4) is 0 Å². The molecular formula is C15H28O4. The summed E-state index contributed by atoms with van der Waals surface area (Å²) in [4.78, 5) is 10.9. The van der Waals surface area contributed by atoms with Crippen LogP contribution in [-0.4, -0.2) is 31.1 Å². The Morgan fingerprint density at radius 1 is 1.26 bits per heavy atom. The molecule has 4 heteroatoms. The molecule has 0 radical (unpaired) electrons. The standard InChI is InChI=1S/C15H28O4/c1-13(16)19-15(2,3)10-6-4-7-11-17-14-9-5-8-12-18-14/h14H,4-12H2,1-3H3. The molecule has 1 fully saturated rings. The van der Waals surface area contributed by atoms with E-state index in [1.165, 1.54) is 13.3 Å². The molecule has 19 heavy (non-hydrogen) atoms. The second-order valence-corrected chi connectivity index (χ2v) is 5.83. The fourth-order valence-corrected chi connectivity index (χ4v) is 2.33. The highest BCUT2D eigenvalue weighted by molar-refractivity contribution is 5.66. The molecule has 1 rings (SSSR count). The van der Waals surface area contributed by atoms with Crippen LogP contribution < -0.4 is 0 Å². The number of esters is 1. The van der Waals surface area contributed by atoms with Gasteiger partial charge in [-0.3, -0.25) is 4.79 Å². The Bertz CT molecular complexity index is 257. The first-order valence-corrected chi connectivity index (χ1v) is 7.42. The summed E-state index contributed by atoms with van der Waals surface area (Å²) in [5.41, 5.74) is -0.348. The molecule has 0 saturated carbocycles. The van der Waals surface area contributed by atoms with Gasteiger partial charge in [0.15, 0.2) is 6.29 Å². The van der Waals surface area contributed by atoms with Gasteiger partial charge in [0.05, 0.1) is 0 Å². The Hall–Kier alpha value is -0.610. The summed E-state index contributed by atoms with van der Waals surface area (Å²) in [6, 6.07) is 0. The van der Waals surface area contributed by atoms with Gasteiger partial charge in [-0.2, -0.15) is 0 Å². The molecule has 0 aromatic carbocycles. The minimum Gasteiger partial charge on any atom is -0.460 e. The molecule has 0 N–H and O–H groups in total. The SMILES string of the molecule is CC(=O)OC(C)(C)CCCCCOC1CCCCO1. The number of hydrogen-bond acceptors (Lipinski definition) is 4. The first-order chi connectivity index (χ1) is 8.99. The zero-order valence-corrected chi connectivity index (χ0v) is 12.6. The van der Waals surface area contributed by atoms with Crippen LogP contribution in [0, 0.1) is 0 Å². The van der Waals surface area contributed by atoms with Crippen molar-refractivity contribution < 1.29 is 19.0 Å². The lowest BCUT2D eigenvalue weighted by molar-refractivity contribution is -0.163. The summed E-state index contributed by atoms with van der Waals surface area (Å²) in [6.07, 6.45) is 7.49. The van der Waals surface area contributed by atoms with Crippen molar-refractivity contribution in [1.29, 1.82) is 0 Å². The molecule has 0 amide bonds. The molecule has 0 aromatic rings. The largest absolute Gasteiger partial charge is 0.460 e. The molecule has 1 aliphatic heterocycles. The number of unbranched alkanes of at least 4 members (excludes halogenated alkanes) is 2. The van der Waals surface area contributed by atoms with Crippen LogP contribution in [0.2, 0.25) is 0 Å². The van der Waals surface area contributed by atoms with E-state index in [9.17, 15) is 4.79 Å². The van der Waals surface area contributed by atoms with Gasteiger partial charge in [-0.25, -0.2) is 0 Å². The number of carbonyl (C=O) groups is 1. The van der Waals surface area contributed by atoms with Crippen molar-refractivity contribution in [2.75, 3.05) is 13.2 Å². The summed E-state index contributed by atoms with van der Waals surface area (Å²) in [5, 5.41) is 0. The number of ether oxygens (including phenoxy) is 3. The average molecular weight is 272 g/mol. The Morgan fingerprint density at radius 3 is 2.68 bits per heavy atom. The summed E-state index contributed by atoms with van der Waals surface area (Å²) < 4.78 is 16.4. The molecular weight excluding hydrogens is 244 g/mol. The van der Waals surface area contributed by atoms with Crippen molar-refractivity contribution in [3.05, 3.63) is 0 Å². The number of rotatable bonds is 8. The molecule has 1 atom stereocenters. The molecule has 1 saturated heterocycles. The van der Waals surface area contributed by atoms with Gasteiger partial charge in [0.25, 0.3) is 0 Å². The topological polar surface area (TPSA) is 44.8 Å². The normalized spacial score (nSPS) is 20.3.